The molecule has 6 nitrogen and oxygen atoms in total. The molecule has 6 heteroatoms. The van der Waals surface area contributed by atoms with Crippen molar-refractivity contribution in [2.45, 2.75) is 47.0 Å². The van der Waals surface area contributed by atoms with E-state index in [1.807, 2.05) is 13.8 Å². The van der Waals surface area contributed by atoms with E-state index in [0.29, 0.717) is 25.3 Å². The molecule has 122 valence electrons. The quantitative estimate of drug-likeness (QED) is 0.675. The summed E-state index contributed by atoms with van der Waals surface area (Å²) in [4.78, 5) is 36.5. The largest absolute Gasteiger partial charge is 0.481 e. The Bertz CT molecular complexity index is 376. The minimum Gasteiger partial charge on any atom is -0.481 e. The van der Waals surface area contributed by atoms with Gasteiger partial charge in [0.05, 0.1) is 12.0 Å². The molecule has 2 amide bonds. The molecule has 0 aromatic carbocycles. The summed E-state index contributed by atoms with van der Waals surface area (Å²) >= 11 is 0. The molecule has 0 bridgehead atoms. The number of nitrogens with one attached hydrogen (secondary N) is 1. The number of amides is 2. The zero-order chi connectivity index (χ0) is 16.6. The molecule has 0 saturated carbocycles. The first-order valence-electron chi connectivity index (χ1n) is 7.42. The number of carbonyl (C=O) groups is 3. The molecule has 0 heterocycles. The summed E-state index contributed by atoms with van der Waals surface area (Å²) in [6, 6.07) is 0. The predicted molar refractivity (Wildman–Crippen MR) is 80.8 cm³/mol. The monoisotopic (exact) mass is 300 g/mol. The van der Waals surface area contributed by atoms with Gasteiger partial charge < -0.3 is 15.3 Å². The second kappa shape index (κ2) is 8.64. The number of carbonyl (C=O) groups excluding carboxylic acids is 2. The highest BCUT2D eigenvalue weighted by Gasteiger charge is 2.38. The third-order valence-corrected chi connectivity index (χ3v) is 3.81. The van der Waals surface area contributed by atoms with Gasteiger partial charge in [-0.1, -0.05) is 27.7 Å². The Balaban J connectivity index is 4.57. The molecule has 0 atom stereocenters. The average Bonchev–Trinajstić information content (AvgIpc) is 2.41. The maximum atomic E-state index is 12.1. The fourth-order valence-corrected chi connectivity index (χ4v) is 1.98. The van der Waals surface area contributed by atoms with Gasteiger partial charge >= 0.3 is 5.97 Å². The number of nitrogens with zero attached hydrogens (tertiary/aromatic N) is 1. The lowest BCUT2D eigenvalue weighted by molar-refractivity contribution is -0.154. The van der Waals surface area contributed by atoms with Gasteiger partial charge in [0.1, 0.15) is 0 Å². The zero-order valence-corrected chi connectivity index (χ0v) is 13.7. The van der Waals surface area contributed by atoms with E-state index in [1.54, 1.807) is 13.8 Å². The Kier molecular flexibility index (Phi) is 7.99. The molecule has 0 fully saturated rings. The molecule has 0 aliphatic carbocycles. The van der Waals surface area contributed by atoms with E-state index in [1.165, 1.54) is 11.9 Å². The maximum Gasteiger partial charge on any atom is 0.310 e. The number of carboxylic acids is 1. The minimum atomic E-state index is -1.04. The topological polar surface area (TPSA) is 86.7 Å². The van der Waals surface area contributed by atoms with Gasteiger partial charge in [-0.2, -0.15) is 0 Å². The molecule has 0 radical (unpaired) electrons. The van der Waals surface area contributed by atoms with Crippen molar-refractivity contribution in [1.82, 2.24) is 10.2 Å². The van der Waals surface area contributed by atoms with Crippen LogP contribution in [0.15, 0.2) is 0 Å². The summed E-state index contributed by atoms with van der Waals surface area (Å²) in [6.45, 7) is 8.01. The van der Waals surface area contributed by atoms with Crippen LogP contribution in [-0.4, -0.2) is 47.9 Å². The normalized spacial score (nSPS) is 11.3. The number of hydrogen-bond donors (Lipinski definition) is 2. The smallest absolute Gasteiger partial charge is 0.310 e. The summed E-state index contributed by atoms with van der Waals surface area (Å²) in [5.74, 6) is -1.16. The summed E-state index contributed by atoms with van der Waals surface area (Å²) < 4.78 is 0. The van der Waals surface area contributed by atoms with Gasteiger partial charge in [-0.3, -0.25) is 14.4 Å². The molecule has 0 aliphatic heterocycles. The second-order valence-electron chi connectivity index (χ2n) is 5.92. The fraction of sp³-hybridized carbons (Fsp3) is 0.800. The van der Waals surface area contributed by atoms with Crippen LogP contribution in [0.4, 0.5) is 0 Å². The van der Waals surface area contributed by atoms with Gasteiger partial charge in [0.15, 0.2) is 0 Å². The van der Waals surface area contributed by atoms with Gasteiger partial charge in [0, 0.05) is 20.0 Å². The van der Waals surface area contributed by atoms with Crippen LogP contribution >= 0.6 is 0 Å². The first-order valence-corrected chi connectivity index (χ1v) is 7.42. The molecule has 21 heavy (non-hydrogen) atoms. The van der Waals surface area contributed by atoms with Gasteiger partial charge in [0.2, 0.25) is 11.8 Å². The summed E-state index contributed by atoms with van der Waals surface area (Å²) in [5.41, 5.74) is -1.04. The highest BCUT2D eigenvalue weighted by Crippen LogP contribution is 2.31. The maximum absolute atomic E-state index is 12.1. The molecule has 0 spiro atoms. The third-order valence-electron chi connectivity index (χ3n) is 3.81. The summed E-state index contributed by atoms with van der Waals surface area (Å²) in [5, 5.41) is 12.1. The minimum absolute atomic E-state index is 0.0469. The van der Waals surface area contributed by atoms with Crippen molar-refractivity contribution in [3.05, 3.63) is 0 Å². The summed E-state index contributed by atoms with van der Waals surface area (Å²) in [6.07, 6.45) is 0.694. The SMILES string of the molecule is CCC(CC)(CC(=O)N(C)CC(=O)NCC(C)C)C(=O)O. The van der Waals surface area contributed by atoms with Crippen molar-refractivity contribution in [3.63, 3.8) is 0 Å². The standard InChI is InChI=1S/C15H28N2O4/c1-6-15(7-2,14(20)21)8-13(19)17(5)10-12(18)16-9-11(3)4/h11H,6-10H2,1-5H3,(H,16,18)(H,20,21). The Labute approximate surface area is 126 Å². The van der Waals surface area contributed by atoms with Crippen molar-refractivity contribution in [3.8, 4) is 0 Å². The van der Waals surface area contributed by atoms with Crippen LogP contribution in [0.25, 0.3) is 0 Å². The number of hydrogen-bond acceptors (Lipinski definition) is 3. The van der Waals surface area contributed by atoms with Crippen LogP contribution in [-0.2, 0) is 14.4 Å². The van der Waals surface area contributed by atoms with E-state index in [-0.39, 0.29) is 24.8 Å². The van der Waals surface area contributed by atoms with Crippen molar-refractivity contribution in [2.24, 2.45) is 11.3 Å². The molecule has 0 unspecified atom stereocenters. The van der Waals surface area contributed by atoms with Crippen LogP contribution in [0.1, 0.15) is 47.0 Å². The highest BCUT2D eigenvalue weighted by atomic mass is 16.4. The van der Waals surface area contributed by atoms with Gasteiger partial charge in [-0.15, -0.1) is 0 Å². The molecule has 0 aromatic rings. The molecule has 2 N–H and O–H groups in total. The van der Waals surface area contributed by atoms with Gasteiger partial charge in [-0.25, -0.2) is 0 Å². The fourth-order valence-electron chi connectivity index (χ4n) is 1.98. The van der Waals surface area contributed by atoms with Crippen molar-refractivity contribution < 1.29 is 19.5 Å². The van der Waals surface area contributed by atoms with Crippen LogP contribution in [0.2, 0.25) is 0 Å². The molecule has 0 saturated heterocycles. The van der Waals surface area contributed by atoms with Crippen LogP contribution in [0.5, 0.6) is 0 Å². The second-order valence-corrected chi connectivity index (χ2v) is 5.92. The number of carboxylic acid groups (broad SMARTS) is 1. The Morgan fingerprint density at radius 1 is 1.19 bits per heavy atom. The molecule has 0 aromatic heterocycles. The lowest BCUT2D eigenvalue weighted by Gasteiger charge is -2.28. The molecule has 0 rings (SSSR count). The van der Waals surface area contributed by atoms with Crippen molar-refractivity contribution >= 4 is 17.8 Å². The van der Waals surface area contributed by atoms with Gasteiger partial charge in [0.25, 0.3) is 0 Å². The average molecular weight is 300 g/mol. The lowest BCUT2D eigenvalue weighted by Crippen LogP contribution is -2.42. The third kappa shape index (κ3) is 6.14. The van der Waals surface area contributed by atoms with E-state index >= 15 is 0 Å². The summed E-state index contributed by atoms with van der Waals surface area (Å²) in [7, 11) is 1.52. The van der Waals surface area contributed by atoms with E-state index in [4.69, 9.17) is 0 Å². The van der Waals surface area contributed by atoms with Gasteiger partial charge in [-0.05, 0) is 18.8 Å². The van der Waals surface area contributed by atoms with Crippen LogP contribution < -0.4 is 5.32 Å². The van der Waals surface area contributed by atoms with Crippen LogP contribution in [0.3, 0.4) is 0 Å². The Hall–Kier alpha value is -1.59. The highest BCUT2D eigenvalue weighted by molar-refractivity contribution is 5.88. The first-order chi connectivity index (χ1) is 9.68. The number of rotatable bonds is 9. The van der Waals surface area contributed by atoms with Crippen molar-refractivity contribution in [2.75, 3.05) is 20.1 Å². The Morgan fingerprint density at radius 2 is 1.71 bits per heavy atom. The van der Waals surface area contributed by atoms with E-state index in [2.05, 4.69) is 5.32 Å². The zero-order valence-electron chi connectivity index (χ0n) is 13.7. The number of aliphatic carboxylic acids is 1. The number of likely N-dealkylation sites (N-methyl/N-ethyl adjacent to an activating group) is 1. The first kappa shape index (κ1) is 19.4. The molecule has 0 aliphatic rings. The van der Waals surface area contributed by atoms with Crippen LogP contribution in [0, 0.1) is 11.3 Å². The predicted octanol–water partition coefficient (Wildman–Crippen LogP) is 1.50. The lowest BCUT2D eigenvalue weighted by atomic mass is 9.79. The van der Waals surface area contributed by atoms with Crippen molar-refractivity contribution in [1.29, 1.82) is 0 Å². The van der Waals surface area contributed by atoms with E-state index in [0.717, 1.165) is 0 Å². The Morgan fingerprint density at radius 3 is 2.10 bits per heavy atom. The van der Waals surface area contributed by atoms with E-state index in [9.17, 15) is 19.5 Å². The molecular weight excluding hydrogens is 272 g/mol. The molecular formula is C15H28N2O4. The van der Waals surface area contributed by atoms with E-state index < -0.39 is 11.4 Å².